The largest absolute Gasteiger partial charge is 0.290 e. The number of Topliss-reactive ketones (excluding diaryl/α,β-unsaturated/α-hetero) is 1. The fraction of sp³-hybridized carbons (Fsp3) is 0.167. The molecule has 0 saturated heterocycles. The summed E-state index contributed by atoms with van der Waals surface area (Å²) in [6.07, 6.45) is 5.64. The van der Waals surface area contributed by atoms with Gasteiger partial charge in [-0.3, -0.25) is 4.79 Å². The number of carbonyl (C=O) groups excluding carboxylic acids is 1. The van der Waals surface area contributed by atoms with Crippen LogP contribution in [0.4, 0.5) is 0 Å². The molecule has 0 fully saturated rings. The summed E-state index contributed by atoms with van der Waals surface area (Å²) in [4.78, 5) is 11.9. The second-order valence-corrected chi connectivity index (χ2v) is 4.12. The predicted molar refractivity (Wildman–Crippen MR) is 71.7 cm³/mol. The fourth-order valence-electron chi connectivity index (χ4n) is 1.49. The van der Waals surface area contributed by atoms with Gasteiger partial charge in [-0.25, -0.2) is 9.13 Å². The molecule has 0 aliphatic carbocycles. The third-order valence-electron chi connectivity index (χ3n) is 2.32. The highest BCUT2D eigenvalue weighted by atomic mass is 79.9. The summed E-state index contributed by atoms with van der Waals surface area (Å²) >= 11 is 5.76. The minimum atomic E-state index is 0. The zero-order valence-electron chi connectivity index (χ0n) is 9.34. The zero-order valence-corrected chi connectivity index (χ0v) is 11.8. The molecule has 0 saturated carbocycles. The Morgan fingerprint density at radius 3 is 2.53 bits per heavy atom. The van der Waals surface area contributed by atoms with Crippen molar-refractivity contribution in [2.24, 2.45) is 7.05 Å². The van der Waals surface area contributed by atoms with Gasteiger partial charge in [-0.2, -0.15) is 0 Å². The lowest BCUT2D eigenvalue weighted by atomic mass is 10.1. The van der Waals surface area contributed by atoms with Crippen molar-refractivity contribution >= 4 is 34.4 Å². The molecule has 0 spiro atoms. The van der Waals surface area contributed by atoms with E-state index in [-0.39, 0.29) is 22.8 Å². The Labute approximate surface area is 115 Å². The topological polar surface area (TPSA) is 25.9 Å². The summed E-state index contributed by atoms with van der Waals surface area (Å²) < 4.78 is 3.74. The van der Waals surface area contributed by atoms with Crippen molar-refractivity contribution in [1.29, 1.82) is 0 Å². The minimum Gasteiger partial charge on any atom is -0.290 e. The molecular weight excluding hydrogens is 304 g/mol. The average Bonchev–Trinajstić information content (AvgIpc) is 2.65. The molecule has 0 radical (unpaired) electrons. The molecule has 1 heterocycles. The van der Waals surface area contributed by atoms with Gasteiger partial charge in [-0.15, -0.1) is 17.0 Å². The van der Waals surface area contributed by atoms with Gasteiger partial charge in [0.25, 0.3) is 0 Å². The third-order valence-corrected chi connectivity index (χ3v) is 2.57. The van der Waals surface area contributed by atoms with E-state index in [4.69, 9.17) is 11.6 Å². The van der Waals surface area contributed by atoms with E-state index in [1.54, 1.807) is 24.3 Å². The lowest BCUT2D eigenvalue weighted by Crippen LogP contribution is -2.24. The molecule has 1 aromatic carbocycles. The number of benzene rings is 1. The van der Waals surface area contributed by atoms with Crippen molar-refractivity contribution in [3.05, 3.63) is 53.6 Å². The monoisotopic (exact) mass is 315 g/mol. The highest BCUT2D eigenvalue weighted by Gasteiger charge is 2.10. The number of ketones is 1. The number of halogens is 2. The Morgan fingerprint density at radius 1 is 1.35 bits per heavy atom. The molecule has 0 amide bonds. The fourth-order valence-corrected chi connectivity index (χ4v) is 1.61. The number of hydrogen-bond donors (Lipinski definition) is 0. The van der Waals surface area contributed by atoms with E-state index >= 15 is 0 Å². The molecule has 3 nitrogen and oxygen atoms in total. The van der Waals surface area contributed by atoms with Crippen LogP contribution in [0.25, 0.3) is 0 Å². The van der Waals surface area contributed by atoms with Crippen LogP contribution >= 0.6 is 28.6 Å². The highest BCUT2D eigenvalue weighted by molar-refractivity contribution is 8.93. The quantitative estimate of drug-likeness (QED) is 0.631. The Kier molecular flexibility index (Phi) is 4.90. The van der Waals surface area contributed by atoms with Crippen molar-refractivity contribution in [3.63, 3.8) is 0 Å². The second kappa shape index (κ2) is 5.98. The van der Waals surface area contributed by atoms with Crippen LogP contribution < -0.4 is 4.57 Å². The number of aromatic nitrogens is 2. The maximum atomic E-state index is 11.9. The zero-order chi connectivity index (χ0) is 11.5. The van der Waals surface area contributed by atoms with E-state index in [1.807, 2.05) is 34.9 Å². The van der Waals surface area contributed by atoms with Crippen molar-refractivity contribution in [3.8, 4) is 0 Å². The molecule has 1 aromatic heterocycles. The van der Waals surface area contributed by atoms with Crippen LogP contribution in [-0.2, 0) is 13.6 Å². The Balaban J connectivity index is 0.00000144. The number of hydrogen-bond acceptors (Lipinski definition) is 1. The summed E-state index contributed by atoms with van der Waals surface area (Å²) in [5.41, 5.74) is 0.681. The van der Waals surface area contributed by atoms with E-state index in [0.29, 0.717) is 17.1 Å². The molecule has 0 bridgehead atoms. The van der Waals surface area contributed by atoms with E-state index in [0.717, 1.165) is 0 Å². The summed E-state index contributed by atoms with van der Waals surface area (Å²) in [5, 5.41) is 0.643. The molecule has 2 aromatic rings. The van der Waals surface area contributed by atoms with E-state index in [2.05, 4.69) is 0 Å². The van der Waals surface area contributed by atoms with Gasteiger partial charge in [0.1, 0.15) is 12.4 Å². The van der Waals surface area contributed by atoms with Crippen molar-refractivity contribution in [1.82, 2.24) is 4.57 Å². The van der Waals surface area contributed by atoms with Crippen LogP contribution in [0.1, 0.15) is 10.4 Å². The summed E-state index contributed by atoms with van der Waals surface area (Å²) in [6, 6.07) is 6.94. The molecule has 0 N–H and O–H groups in total. The maximum Gasteiger partial charge on any atom is 0.243 e. The first-order chi connectivity index (χ1) is 7.65. The Hall–Kier alpha value is -1.13. The van der Waals surface area contributed by atoms with Gasteiger partial charge in [0.2, 0.25) is 12.1 Å². The SMILES string of the molecule is Br.C[n+]1ccn(CC(=O)c2ccc(Cl)cc2)c1. The smallest absolute Gasteiger partial charge is 0.243 e. The Morgan fingerprint density at radius 2 is 2.00 bits per heavy atom. The average molecular weight is 317 g/mol. The van der Waals surface area contributed by atoms with Crippen LogP contribution in [-0.4, -0.2) is 10.4 Å². The lowest BCUT2D eigenvalue weighted by molar-refractivity contribution is -0.671. The number of aryl methyl sites for hydroxylation is 1. The molecule has 0 unspecified atom stereocenters. The van der Waals surface area contributed by atoms with Gasteiger partial charge in [-0.1, -0.05) is 11.6 Å². The van der Waals surface area contributed by atoms with E-state index < -0.39 is 0 Å². The van der Waals surface area contributed by atoms with Crippen LogP contribution in [0.5, 0.6) is 0 Å². The van der Waals surface area contributed by atoms with Crippen molar-refractivity contribution < 1.29 is 9.36 Å². The van der Waals surface area contributed by atoms with Gasteiger partial charge >= 0.3 is 0 Å². The standard InChI is InChI=1S/C12H12ClN2O.BrH/c1-14-6-7-15(9-14)8-12(16)10-2-4-11(13)5-3-10;/h2-7,9H,8H2,1H3;1H/q+1;. The second-order valence-electron chi connectivity index (χ2n) is 3.68. The van der Waals surface area contributed by atoms with Crippen LogP contribution in [0.15, 0.2) is 43.0 Å². The summed E-state index contributed by atoms with van der Waals surface area (Å²) in [7, 11) is 1.92. The van der Waals surface area contributed by atoms with Gasteiger partial charge in [0, 0.05) is 10.6 Å². The van der Waals surface area contributed by atoms with Gasteiger partial charge in [0.15, 0.2) is 6.54 Å². The maximum absolute atomic E-state index is 11.9. The Bertz CT molecular complexity index is 507. The normalized spacial score (nSPS) is 9.76. The minimum absolute atomic E-state index is 0. The molecule has 0 aliphatic heterocycles. The summed E-state index contributed by atoms with van der Waals surface area (Å²) in [5.74, 6) is 0.0767. The molecule has 90 valence electrons. The molecular formula is C12H13BrClN2O+. The number of carbonyl (C=O) groups is 1. The molecule has 17 heavy (non-hydrogen) atoms. The number of nitrogens with zero attached hydrogens (tertiary/aromatic N) is 2. The number of rotatable bonds is 3. The molecule has 2 rings (SSSR count). The highest BCUT2D eigenvalue weighted by Crippen LogP contribution is 2.10. The van der Waals surface area contributed by atoms with Gasteiger partial charge < -0.3 is 0 Å². The first kappa shape index (κ1) is 13.9. The molecule has 5 heteroatoms. The predicted octanol–water partition coefficient (Wildman–Crippen LogP) is 2.43. The van der Waals surface area contributed by atoms with Gasteiger partial charge in [-0.05, 0) is 24.3 Å². The first-order valence-corrected chi connectivity index (χ1v) is 5.33. The molecule has 0 atom stereocenters. The van der Waals surface area contributed by atoms with Gasteiger partial charge in [0.05, 0.1) is 7.05 Å². The third kappa shape index (κ3) is 3.68. The number of imidazole rings is 1. The van der Waals surface area contributed by atoms with E-state index in [9.17, 15) is 4.79 Å². The first-order valence-electron chi connectivity index (χ1n) is 4.95. The van der Waals surface area contributed by atoms with Crippen LogP contribution in [0, 0.1) is 0 Å². The van der Waals surface area contributed by atoms with Crippen LogP contribution in [0.3, 0.4) is 0 Å². The molecule has 0 aliphatic rings. The lowest BCUT2D eigenvalue weighted by Gasteiger charge is -1.98. The summed E-state index contributed by atoms with van der Waals surface area (Å²) in [6.45, 7) is 0.350. The van der Waals surface area contributed by atoms with Crippen molar-refractivity contribution in [2.75, 3.05) is 0 Å². The van der Waals surface area contributed by atoms with E-state index in [1.165, 1.54) is 0 Å². The van der Waals surface area contributed by atoms with Crippen molar-refractivity contribution in [2.45, 2.75) is 6.54 Å². The van der Waals surface area contributed by atoms with Crippen LogP contribution in [0.2, 0.25) is 5.02 Å².